The van der Waals surface area contributed by atoms with Gasteiger partial charge < -0.3 is 4.74 Å². The van der Waals surface area contributed by atoms with Gasteiger partial charge in [-0.1, -0.05) is 29.8 Å². The molecular formula is C13H9ClN2O. The molecule has 0 unspecified atom stereocenters. The van der Waals surface area contributed by atoms with E-state index in [-0.39, 0.29) is 0 Å². The first-order valence-corrected chi connectivity index (χ1v) is 5.40. The Hall–Kier alpha value is -2.05. The predicted molar refractivity (Wildman–Crippen MR) is 64.7 cm³/mol. The number of hydrogen-bond acceptors (Lipinski definition) is 3. The molecule has 0 amide bonds. The van der Waals surface area contributed by atoms with Gasteiger partial charge in [-0.3, -0.25) is 0 Å². The van der Waals surface area contributed by atoms with Crippen LogP contribution in [0.1, 0.15) is 11.1 Å². The molecule has 0 radical (unpaired) electrons. The lowest BCUT2D eigenvalue weighted by Crippen LogP contribution is -1.97. The van der Waals surface area contributed by atoms with Crippen molar-refractivity contribution in [1.82, 2.24) is 4.98 Å². The van der Waals surface area contributed by atoms with Gasteiger partial charge in [-0.25, -0.2) is 4.98 Å². The summed E-state index contributed by atoms with van der Waals surface area (Å²) >= 11 is 5.99. The second kappa shape index (κ2) is 5.33. The van der Waals surface area contributed by atoms with Gasteiger partial charge in [0.05, 0.1) is 5.56 Å². The van der Waals surface area contributed by atoms with Crippen molar-refractivity contribution in [3.05, 3.63) is 58.7 Å². The van der Waals surface area contributed by atoms with Crippen LogP contribution in [0.5, 0.6) is 5.88 Å². The Balaban J connectivity index is 2.03. The maximum Gasteiger partial charge on any atom is 0.213 e. The first kappa shape index (κ1) is 11.4. The molecule has 0 saturated heterocycles. The van der Waals surface area contributed by atoms with Crippen LogP contribution in [0.2, 0.25) is 5.02 Å². The number of rotatable bonds is 3. The van der Waals surface area contributed by atoms with Crippen LogP contribution in [0.4, 0.5) is 0 Å². The Bertz CT molecular complexity index is 546. The van der Waals surface area contributed by atoms with E-state index >= 15 is 0 Å². The summed E-state index contributed by atoms with van der Waals surface area (Å²) in [6, 6.07) is 12.8. The third kappa shape index (κ3) is 2.96. The van der Waals surface area contributed by atoms with Crippen molar-refractivity contribution in [2.75, 3.05) is 0 Å². The quantitative estimate of drug-likeness (QED) is 0.833. The highest BCUT2D eigenvalue weighted by atomic mass is 35.5. The average Bonchev–Trinajstić information content (AvgIpc) is 2.38. The minimum Gasteiger partial charge on any atom is -0.473 e. The standard InChI is InChI=1S/C13H9ClN2O/c14-12-4-2-1-3-11(12)9-17-13-6-5-10(7-15)8-16-13/h1-6,8H,9H2. The number of ether oxygens (including phenoxy) is 1. The number of benzene rings is 1. The number of nitriles is 1. The largest absolute Gasteiger partial charge is 0.473 e. The highest BCUT2D eigenvalue weighted by molar-refractivity contribution is 6.31. The lowest BCUT2D eigenvalue weighted by atomic mass is 10.2. The molecular weight excluding hydrogens is 236 g/mol. The second-order valence-corrected chi connectivity index (χ2v) is 3.78. The maximum atomic E-state index is 8.62. The van der Waals surface area contributed by atoms with E-state index in [4.69, 9.17) is 21.6 Å². The predicted octanol–water partition coefficient (Wildman–Crippen LogP) is 3.19. The molecule has 0 saturated carbocycles. The van der Waals surface area contributed by atoms with Crippen molar-refractivity contribution in [2.24, 2.45) is 0 Å². The van der Waals surface area contributed by atoms with Gasteiger partial charge in [0.15, 0.2) is 0 Å². The monoisotopic (exact) mass is 244 g/mol. The molecule has 0 N–H and O–H groups in total. The summed E-state index contributed by atoms with van der Waals surface area (Å²) < 4.78 is 5.47. The molecule has 2 aromatic rings. The molecule has 0 spiro atoms. The van der Waals surface area contributed by atoms with Gasteiger partial charge in [0.1, 0.15) is 12.7 Å². The molecule has 0 aliphatic rings. The van der Waals surface area contributed by atoms with Gasteiger partial charge in [-0.05, 0) is 12.1 Å². The van der Waals surface area contributed by atoms with Crippen molar-refractivity contribution in [3.8, 4) is 11.9 Å². The summed E-state index contributed by atoms with van der Waals surface area (Å²) in [5.41, 5.74) is 1.41. The van der Waals surface area contributed by atoms with Crippen LogP contribution in [-0.2, 0) is 6.61 Å². The van der Waals surface area contributed by atoms with E-state index in [0.717, 1.165) is 5.56 Å². The van der Waals surface area contributed by atoms with E-state index in [0.29, 0.717) is 23.1 Å². The topological polar surface area (TPSA) is 45.9 Å². The summed E-state index contributed by atoms with van der Waals surface area (Å²) in [5, 5.41) is 9.29. The molecule has 0 atom stereocenters. The third-order valence-electron chi connectivity index (χ3n) is 2.20. The number of aromatic nitrogens is 1. The number of halogens is 1. The summed E-state index contributed by atoms with van der Waals surface area (Å²) in [4.78, 5) is 4.01. The smallest absolute Gasteiger partial charge is 0.213 e. The first-order chi connectivity index (χ1) is 8.29. The Morgan fingerprint density at radius 1 is 1.24 bits per heavy atom. The molecule has 0 aliphatic heterocycles. The van der Waals surface area contributed by atoms with Gasteiger partial charge in [-0.15, -0.1) is 0 Å². The Morgan fingerprint density at radius 2 is 2.06 bits per heavy atom. The van der Waals surface area contributed by atoms with Crippen molar-refractivity contribution in [1.29, 1.82) is 5.26 Å². The van der Waals surface area contributed by atoms with Crippen LogP contribution in [0.25, 0.3) is 0 Å². The van der Waals surface area contributed by atoms with E-state index in [1.54, 1.807) is 12.1 Å². The Labute approximate surface area is 104 Å². The van der Waals surface area contributed by atoms with Crippen molar-refractivity contribution in [3.63, 3.8) is 0 Å². The Morgan fingerprint density at radius 3 is 2.71 bits per heavy atom. The van der Waals surface area contributed by atoms with Gasteiger partial charge in [0, 0.05) is 22.8 Å². The average molecular weight is 245 g/mol. The summed E-state index contributed by atoms with van der Waals surface area (Å²) in [6.07, 6.45) is 1.47. The van der Waals surface area contributed by atoms with Crippen LogP contribution >= 0.6 is 11.6 Å². The fraction of sp³-hybridized carbons (Fsp3) is 0.0769. The maximum absolute atomic E-state index is 8.62. The molecule has 4 heteroatoms. The van der Waals surface area contributed by atoms with E-state index in [1.807, 2.05) is 30.3 Å². The zero-order valence-corrected chi connectivity index (χ0v) is 9.69. The van der Waals surface area contributed by atoms with Crippen molar-refractivity contribution in [2.45, 2.75) is 6.61 Å². The van der Waals surface area contributed by atoms with Crippen LogP contribution in [-0.4, -0.2) is 4.98 Å². The van der Waals surface area contributed by atoms with Gasteiger partial charge in [0.25, 0.3) is 0 Å². The lowest BCUT2D eigenvalue weighted by Gasteiger charge is -2.06. The fourth-order valence-corrected chi connectivity index (χ4v) is 1.49. The molecule has 1 aromatic carbocycles. The van der Waals surface area contributed by atoms with Gasteiger partial charge >= 0.3 is 0 Å². The molecule has 2 rings (SSSR count). The van der Waals surface area contributed by atoms with E-state index in [9.17, 15) is 0 Å². The molecule has 3 nitrogen and oxygen atoms in total. The number of pyridine rings is 1. The van der Waals surface area contributed by atoms with Crippen LogP contribution in [0.15, 0.2) is 42.6 Å². The van der Waals surface area contributed by atoms with E-state index < -0.39 is 0 Å². The third-order valence-corrected chi connectivity index (χ3v) is 2.57. The molecule has 17 heavy (non-hydrogen) atoms. The molecule has 1 aromatic heterocycles. The SMILES string of the molecule is N#Cc1ccc(OCc2ccccc2Cl)nc1. The number of nitrogens with zero attached hydrogens (tertiary/aromatic N) is 2. The zero-order chi connectivity index (χ0) is 12.1. The van der Waals surface area contributed by atoms with Crippen molar-refractivity contribution < 1.29 is 4.74 Å². The molecule has 1 heterocycles. The summed E-state index contributed by atoms with van der Waals surface area (Å²) in [5.74, 6) is 0.476. The van der Waals surface area contributed by atoms with E-state index in [2.05, 4.69) is 4.98 Å². The van der Waals surface area contributed by atoms with E-state index in [1.165, 1.54) is 6.20 Å². The second-order valence-electron chi connectivity index (χ2n) is 3.38. The highest BCUT2D eigenvalue weighted by Gasteiger charge is 2.01. The number of hydrogen-bond donors (Lipinski definition) is 0. The summed E-state index contributed by atoms with van der Waals surface area (Å²) in [6.45, 7) is 0.360. The van der Waals surface area contributed by atoms with Gasteiger partial charge in [-0.2, -0.15) is 5.26 Å². The zero-order valence-electron chi connectivity index (χ0n) is 8.93. The van der Waals surface area contributed by atoms with Crippen LogP contribution in [0, 0.1) is 11.3 Å². The van der Waals surface area contributed by atoms with Crippen LogP contribution in [0.3, 0.4) is 0 Å². The van der Waals surface area contributed by atoms with Crippen LogP contribution < -0.4 is 4.74 Å². The molecule has 84 valence electrons. The van der Waals surface area contributed by atoms with Crippen molar-refractivity contribution >= 4 is 11.6 Å². The highest BCUT2D eigenvalue weighted by Crippen LogP contribution is 2.17. The first-order valence-electron chi connectivity index (χ1n) is 5.02. The Kier molecular flexibility index (Phi) is 3.59. The summed E-state index contributed by atoms with van der Waals surface area (Å²) in [7, 11) is 0. The lowest BCUT2D eigenvalue weighted by molar-refractivity contribution is 0.294. The molecule has 0 fully saturated rings. The normalized spacial score (nSPS) is 9.65. The fourth-order valence-electron chi connectivity index (χ4n) is 1.30. The molecule has 0 aliphatic carbocycles. The molecule has 0 bridgehead atoms. The van der Waals surface area contributed by atoms with Gasteiger partial charge in [0.2, 0.25) is 5.88 Å². The minimum absolute atomic E-state index is 0.360. The minimum atomic E-state index is 0.360.